The van der Waals surface area contributed by atoms with Gasteiger partial charge in [-0.25, -0.2) is 0 Å². The zero-order valence-corrected chi connectivity index (χ0v) is 15.4. The fourth-order valence-electron chi connectivity index (χ4n) is 2.76. The highest BCUT2D eigenvalue weighted by atomic mass is 32.2. The van der Waals surface area contributed by atoms with Gasteiger partial charge in [-0.05, 0) is 24.3 Å². The van der Waals surface area contributed by atoms with Crippen molar-refractivity contribution in [2.24, 2.45) is 0 Å². The third kappa shape index (κ3) is 2.85. The number of aromatic nitrogens is 2. The van der Waals surface area contributed by atoms with Crippen molar-refractivity contribution in [3.63, 3.8) is 0 Å². The molecule has 0 radical (unpaired) electrons. The van der Waals surface area contributed by atoms with Gasteiger partial charge in [-0.15, -0.1) is 0 Å². The Hall–Kier alpha value is -2.77. The highest BCUT2D eigenvalue weighted by Gasteiger charge is 2.34. The molecule has 2 heterocycles. The number of hydrogen-bond acceptors (Lipinski definition) is 6. The summed E-state index contributed by atoms with van der Waals surface area (Å²) in [4.78, 5) is 23.7. The van der Waals surface area contributed by atoms with Gasteiger partial charge in [-0.3, -0.25) is 19.7 Å². The summed E-state index contributed by atoms with van der Waals surface area (Å²) in [5.41, 5.74) is 2.99. The van der Waals surface area contributed by atoms with Gasteiger partial charge in [-0.2, -0.15) is 0 Å². The molecule has 0 unspecified atom stereocenters. The Morgan fingerprint density at radius 1 is 1.12 bits per heavy atom. The minimum atomic E-state index is -0.176. The fourth-order valence-corrected chi connectivity index (χ4v) is 4.04. The Balaban J connectivity index is 1.76. The van der Waals surface area contributed by atoms with E-state index in [-0.39, 0.29) is 5.91 Å². The minimum Gasteiger partial charge on any atom is -0.495 e. The van der Waals surface area contributed by atoms with Gasteiger partial charge in [0, 0.05) is 18.0 Å². The van der Waals surface area contributed by atoms with Gasteiger partial charge < -0.3 is 4.74 Å². The Labute approximate surface area is 159 Å². The Morgan fingerprint density at radius 2 is 1.92 bits per heavy atom. The number of thiocarbonyl (C=S) groups is 1. The maximum Gasteiger partial charge on any atom is 0.270 e. The molecule has 1 fully saturated rings. The molecule has 26 heavy (non-hydrogen) atoms. The van der Waals surface area contributed by atoms with Crippen molar-refractivity contribution in [2.45, 2.75) is 0 Å². The molecular formula is C19H13N3O2S2. The lowest BCUT2D eigenvalue weighted by molar-refractivity contribution is -0.113. The smallest absolute Gasteiger partial charge is 0.270 e. The first-order valence-corrected chi connectivity index (χ1v) is 9.02. The molecule has 1 saturated heterocycles. The monoisotopic (exact) mass is 379 g/mol. The fraction of sp³-hybridized carbons (Fsp3) is 0.0526. The zero-order chi connectivity index (χ0) is 18.1. The van der Waals surface area contributed by atoms with E-state index < -0.39 is 0 Å². The summed E-state index contributed by atoms with van der Waals surface area (Å²) in [6, 6.07) is 13.0. The molecular weight excluding hydrogens is 366 g/mol. The van der Waals surface area contributed by atoms with Crippen molar-refractivity contribution in [3.8, 4) is 5.75 Å². The molecule has 2 aromatic carbocycles. The van der Waals surface area contributed by atoms with Crippen LogP contribution in [0.1, 0.15) is 5.56 Å². The SMILES string of the molecule is COc1ccccc1N1C(=O)C(=Cc2cccc3nccnc23)SC1=S. The summed E-state index contributed by atoms with van der Waals surface area (Å²) in [7, 11) is 1.57. The molecule has 0 aliphatic carbocycles. The van der Waals surface area contributed by atoms with Gasteiger partial charge in [0.2, 0.25) is 0 Å². The number of benzene rings is 2. The molecule has 1 aromatic heterocycles. The lowest BCUT2D eigenvalue weighted by Crippen LogP contribution is -2.27. The number of methoxy groups -OCH3 is 1. The lowest BCUT2D eigenvalue weighted by atomic mass is 10.1. The van der Waals surface area contributed by atoms with E-state index in [1.807, 2.05) is 42.5 Å². The highest BCUT2D eigenvalue weighted by Crippen LogP contribution is 2.40. The molecule has 0 atom stereocenters. The van der Waals surface area contributed by atoms with Gasteiger partial charge in [0.05, 0.1) is 28.7 Å². The minimum absolute atomic E-state index is 0.176. The number of rotatable bonds is 3. The average molecular weight is 379 g/mol. The van der Waals surface area contributed by atoms with Crippen LogP contribution in [-0.2, 0) is 4.79 Å². The van der Waals surface area contributed by atoms with Crippen molar-refractivity contribution >= 4 is 57.0 Å². The summed E-state index contributed by atoms with van der Waals surface area (Å²) in [5.74, 6) is 0.423. The van der Waals surface area contributed by atoms with Crippen LogP contribution in [0.15, 0.2) is 59.8 Å². The third-order valence-corrected chi connectivity index (χ3v) is 5.24. The van der Waals surface area contributed by atoms with E-state index in [0.717, 1.165) is 16.6 Å². The number of carbonyl (C=O) groups is 1. The number of hydrogen-bond donors (Lipinski definition) is 0. The predicted octanol–water partition coefficient (Wildman–Crippen LogP) is 4.04. The van der Waals surface area contributed by atoms with E-state index in [9.17, 15) is 4.79 Å². The van der Waals surface area contributed by atoms with Crippen LogP contribution in [0.4, 0.5) is 5.69 Å². The van der Waals surface area contributed by atoms with Gasteiger partial charge >= 0.3 is 0 Å². The number of fused-ring (bicyclic) bond motifs is 1. The Bertz CT molecular complexity index is 1060. The van der Waals surface area contributed by atoms with Crippen molar-refractivity contribution < 1.29 is 9.53 Å². The number of thioether (sulfide) groups is 1. The zero-order valence-electron chi connectivity index (χ0n) is 13.7. The number of carbonyl (C=O) groups excluding carboxylic acids is 1. The van der Waals surface area contributed by atoms with Crippen LogP contribution in [0.2, 0.25) is 0 Å². The van der Waals surface area contributed by atoms with Crippen LogP contribution < -0.4 is 9.64 Å². The molecule has 0 saturated carbocycles. The summed E-state index contributed by atoms with van der Waals surface area (Å²) >= 11 is 6.70. The molecule has 3 aromatic rings. The largest absolute Gasteiger partial charge is 0.495 e. The van der Waals surface area contributed by atoms with Crippen molar-refractivity contribution in [1.29, 1.82) is 0 Å². The average Bonchev–Trinajstić information content (AvgIpc) is 2.95. The van der Waals surface area contributed by atoms with Crippen molar-refractivity contribution in [3.05, 3.63) is 65.3 Å². The maximum atomic E-state index is 13.0. The highest BCUT2D eigenvalue weighted by molar-refractivity contribution is 8.27. The Kier molecular flexibility index (Phi) is 4.40. The van der Waals surface area contributed by atoms with Gasteiger partial charge in [0.15, 0.2) is 4.32 Å². The number of amides is 1. The first-order valence-electron chi connectivity index (χ1n) is 7.80. The molecule has 0 N–H and O–H groups in total. The van der Waals surface area contributed by atoms with E-state index in [1.54, 1.807) is 25.6 Å². The number of ether oxygens (including phenoxy) is 1. The summed E-state index contributed by atoms with van der Waals surface area (Å²) in [6.07, 6.45) is 5.10. The predicted molar refractivity (Wildman–Crippen MR) is 108 cm³/mol. The number of para-hydroxylation sites is 3. The van der Waals surface area contributed by atoms with E-state index >= 15 is 0 Å². The molecule has 7 heteroatoms. The van der Waals surface area contributed by atoms with Crippen LogP contribution in [0.25, 0.3) is 17.1 Å². The molecule has 128 valence electrons. The van der Waals surface area contributed by atoms with E-state index in [4.69, 9.17) is 17.0 Å². The van der Waals surface area contributed by atoms with Crippen LogP contribution in [-0.4, -0.2) is 27.3 Å². The van der Waals surface area contributed by atoms with E-state index in [2.05, 4.69) is 9.97 Å². The van der Waals surface area contributed by atoms with E-state index in [1.165, 1.54) is 16.7 Å². The Morgan fingerprint density at radius 3 is 2.77 bits per heavy atom. The third-order valence-electron chi connectivity index (χ3n) is 3.94. The summed E-state index contributed by atoms with van der Waals surface area (Å²) in [5, 5.41) is 0. The molecule has 0 spiro atoms. The first-order chi connectivity index (χ1) is 12.7. The molecule has 4 rings (SSSR count). The van der Waals surface area contributed by atoms with Gasteiger partial charge in [0.1, 0.15) is 5.75 Å². The standard InChI is InChI=1S/C19H13N3O2S2/c1-24-15-8-3-2-7-14(15)22-18(23)16(26-19(22)25)11-12-5-4-6-13-17(12)21-10-9-20-13/h2-11H,1H3. The van der Waals surface area contributed by atoms with Crippen molar-refractivity contribution in [1.82, 2.24) is 9.97 Å². The van der Waals surface area contributed by atoms with E-state index in [0.29, 0.717) is 20.7 Å². The quantitative estimate of drug-likeness (QED) is 0.506. The summed E-state index contributed by atoms with van der Waals surface area (Å²) < 4.78 is 5.83. The summed E-state index contributed by atoms with van der Waals surface area (Å²) in [6.45, 7) is 0. The van der Waals surface area contributed by atoms with Crippen LogP contribution in [0, 0.1) is 0 Å². The van der Waals surface area contributed by atoms with Crippen molar-refractivity contribution in [2.75, 3.05) is 12.0 Å². The van der Waals surface area contributed by atoms with Crippen LogP contribution in [0.5, 0.6) is 5.75 Å². The topological polar surface area (TPSA) is 55.3 Å². The second-order valence-electron chi connectivity index (χ2n) is 5.46. The molecule has 1 amide bonds. The molecule has 0 bridgehead atoms. The first kappa shape index (κ1) is 16.7. The van der Waals surface area contributed by atoms with Crippen LogP contribution >= 0.6 is 24.0 Å². The molecule has 1 aliphatic heterocycles. The number of nitrogens with zero attached hydrogens (tertiary/aromatic N) is 3. The number of anilines is 1. The van der Waals surface area contributed by atoms with Crippen LogP contribution in [0.3, 0.4) is 0 Å². The molecule has 5 nitrogen and oxygen atoms in total. The maximum absolute atomic E-state index is 13.0. The second-order valence-corrected chi connectivity index (χ2v) is 7.14. The molecule has 1 aliphatic rings. The van der Waals surface area contributed by atoms with Gasteiger partial charge in [0.25, 0.3) is 5.91 Å². The second kappa shape index (κ2) is 6.86. The van der Waals surface area contributed by atoms with Gasteiger partial charge in [-0.1, -0.05) is 48.2 Å². The lowest BCUT2D eigenvalue weighted by Gasteiger charge is -2.17. The normalized spacial score (nSPS) is 15.9.